The Kier molecular flexibility index (Phi) is 3.68. The van der Waals surface area contributed by atoms with Crippen LogP contribution < -0.4 is 5.30 Å². The van der Waals surface area contributed by atoms with E-state index in [2.05, 4.69) is 79.3 Å². The van der Waals surface area contributed by atoms with Gasteiger partial charge in [-0.05, 0) is 24.6 Å². The van der Waals surface area contributed by atoms with Gasteiger partial charge in [0.25, 0.3) is 0 Å². The van der Waals surface area contributed by atoms with E-state index in [0.29, 0.717) is 6.04 Å². The minimum absolute atomic E-state index is 0.0700. The normalized spacial score (nSPS) is 30.6. The Morgan fingerprint density at radius 3 is 2.15 bits per heavy atom. The fourth-order valence-electron chi connectivity index (χ4n) is 2.41. The van der Waals surface area contributed by atoms with E-state index in [-0.39, 0.29) is 13.7 Å². The molecular formula is C16H21BNOP. The van der Waals surface area contributed by atoms with Crippen molar-refractivity contribution >= 4 is 20.4 Å². The molecule has 0 N–H and O–H groups in total. The quantitative estimate of drug-likeness (QED) is 0.621. The van der Waals surface area contributed by atoms with Crippen LogP contribution in [0.25, 0.3) is 0 Å². The Balaban J connectivity index is 1.97. The van der Waals surface area contributed by atoms with Crippen molar-refractivity contribution in [3.8, 4) is 0 Å². The Morgan fingerprint density at radius 2 is 1.55 bits per heavy atom. The van der Waals surface area contributed by atoms with Gasteiger partial charge in [0.1, 0.15) is 6.10 Å². The van der Waals surface area contributed by atoms with Gasteiger partial charge in [-0.25, -0.2) is 0 Å². The maximum absolute atomic E-state index is 6.69. The Labute approximate surface area is 122 Å². The van der Waals surface area contributed by atoms with Crippen LogP contribution in [0.2, 0.25) is 0 Å². The summed E-state index contributed by atoms with van der Waals surface area (Å²) in [6.45, 7) is 2.30. The monoisotopic (exact) mass is 285 g/mol. The highest BCUT2D eigenvalue weighted by molar-refractivity contribution is 7.97. The molecule has 1 fully saturated rings. The second kappa shape index (κ2) is 5.33. The van der Waals surface area contributed by atoms with Crippen molar-refractivity contribution in [1.29, 1.82) is 0 Å². The summed E-state index contributed by atoms with van der Waals surface area (Å²) in [4.78, 5) is 0. The van der Waals surface area contributed by atoms with Gasteiger partial charge < -0.3 is 0 Å². The van der Waals surface area contributed by atoms with Crippen LogP contribution in [0.4, 0.5) is 0 Å². The number of rotatable bonds is 2. The first-order valence-corrected chi connectivity index (χ1v) is 7.78. The molecule has 0 aliphatic carbocycles. The SMILES string of the molecule is [BH3-][P+]1(c2ccccc2)O[C@@H](c2ccccc2)[C@@H](C)N1C. The summed E-state index contributed by atoms with van der Waals surface area (Å²) in [5.74, 6) is 0. The number of nitrogens with zero attached hydrogens (tertiary/aromatic N) is 1. The van der Waals surface area contributed by atoms with Crippen LogP contribution in [0.5, 0.6) is 0 Å². The zero-order valence-electron chi connectivity index (χ0n) is 11.2. The Morgan fingerprint density at radius 1 is 1.00 bits per heavy atom. The molecule has 2 aromatic rings. The van der Waals surface area contributed by atoms with Crippen LogP contribution in [0.1, 0.15) is 18.6 Å². The Hall–Kier alpha value is -1.15. The molecule has 1 aliphatic heterocycles. The van der Waals surface area contributed by atoms with Gasteiger partial charge in [0.15, 0.2) is 7.57 Å². The van der Waals surface area contributed by atoms with Crippen molar-refractivity contribution in [1.82, 2.24) is 4.67 Å². The van der Waals surface area contributed by atoms with Crippen molar-refractivity contribution < 1.29 is 4.52 Å². The average molecular weight is 285 g/mol. The summed E-state index contributed by atoms with van der Waals surface area (Å²) in [6.07, 6.45) is 0.215. The maximum Gasteiger partial charge on any atom is 0.184 e. The van der Waals surface area contributed by atoms with Gasteiger partial charge >= 0.3 is 0 Å². The summed E-state index contributed by atoms with van der Waals surface area (Å²) in [6, 6.07) is 22.0. The van der Waals surface area contributed by atoms with Crippen molar-refractivity contribution in [3.63, 3.8) is 0 Å². The molecule has 1 aliphatic rings. The molecule has 2 nitrogen and oxygen atoms in total. The number of benzene rings is 2. The van der Waals surface area contributed by atoms with Crippen LogP contribution in [0.3, 0.4) is 0 Å². The molecule has 0 bridgehead atoms. The lowest BCUT2D eigenvalue weighted by atomic mass is 10.0. The van der Waals surface area contributed by atoms with Crippen molar-refractivity contribution in [2.75, 3.05) is 7.05 Å². The number of hydrogen-bond donors (Lipinski definition) is 0. The van der Waals surface area contributed by atoms with Crippen LogP contribution in [0.15, 0.2) is 60.7 Å². The third-order valence-electron chi connectivity index (χ3n) is 3.63. The molecule has 3 rings (SSSR count). The molecule has 1 saturated heterocycles. The molecule has 0 radical (unpaired) electrons. The fraction of sp³-hybridized carbons (Fsp3) is 0.250. The van der Waals surface area contributed by atoms with E-state index in [4.69, 9.17) is 4.52 Å². The van der Waals surface area contributed by atoms with Gasteiger partial charge in [0, 0.05) is 7.05 Å². The lowest BCUT2D eigenvalue weighted by molar-refractivity contribution is 0.217. The lowest BCUT2D eigenvalue weighted by Gasteiger charge is -2.29. The molecule has 1 unspecified atom stereocenters. The smallest absolute Gasteiger partial charge is 0.184 e. The molecule has 20 heavy (non-hydrogen) atoms. The van der Waals surface area contributed by atoms with Crippen LogP contribution >= 0.6 is 7.52 Å². The van der Waals surface area contributed by atoms with Gasteiger partial charge in [-0.2, -0.15) is 4.67 Å². The van der Waals surface area contributed by atoms with E-state index in [1.165, 1.54) is 10.9 Å². The first-order valence-electron chi connectivity index (χ1n) is 6.57. The molecule has 2 aromatic carbocycles. The van der Waals surface area contributed by atoms with Crippen LogP contribution in [-0.2, 0) is 4.52 Å². The van der Waals surface area contributed by atoms with Gasteiger partial charge in [-0.15, -0.1) is 0 Å². The van der Waals surface area contributed by atoms with E-state index < -0.39 is 7.52 Å². The molecule has 4 heteroatoms. The van der Waals surface area contributed by atoms with Crippen molar-refractivity contribution in [2.45, 2.75) is 19.1 Å². The van der Waals surface area contributed by atoms with E-state index in [0.717, 1.165) is 0 Å². The predicted molar refractivity (Wildman–Crippen MR) is 90.4 cm³/mol. The van der Waals surface area contributed by atoms with E-state index in [9.17, 15) is 0 Å². The highest BCUT2D eigenvalue weighted by atomic mass is 31.2. The maximum atomic E-state index is 6.69. The first kappa shape index (κ1) is 13.8. The van der Waals surface area contributed by atoms with Crippen molar-refractivity contribution in [2.24, 2.45) is 0 Å². The lowest BCUT2D eigenvalue weighted by Crippen LogP contribution is -2.28. The van der Waals surface area contributed by atoms with Gasteiger partial charge in [-0.1, -0.05) is 48.5 Å². The highest BCUT2D eigenvalue weighted by Gasteiger charge is 2.50. The molecule has 0 spiro atoms. The van der Waals surface area contributed by atoms with E-state index in [1.54, 1.807) is 0 Å². The zero-order valence-corrected chi connectivity index (χ0v) is 12.1. The third kappa shape index (κ3) is 2.20. The van der Waals surface area contributed by atoms with Gasteiger partial charge in [0.2, 0.25) is 0 Å². The summed E-state index contributed by atoms with van der Waals surface area (Å²) in [7, 11) is 0.864. The molecule has 0 aromatic heterocycles. The second-order valence-electron chi connectivity index (χ2n) is 4.86. The summed E-state index contributed by atoms with van der Waals surface area (Å²) in [5.41, 5.74) is 1.31. The number of likely N-dealkylation sites (N-methyl/N-ethyl adjacent to an activating group) is 1. The predicted octanol–water partition coefficient (Wildman–Crippen LogP) is 2.53. The topological polar surface area (TPSA) is 12.5 Å². The van der Waals surface area contributed by atoms with Crippen LogP contribution in [-0.4, -0.2) is 25.3 Å². The summed E-state index contributed by atoms with van der Waals surface area (Å²) < 4.78 is 9.24. The zero-order chi connectivity index (χ0) is 14.2. The minimum Gasteiger partial charge on any atom is -0.253 e. The molecule has 1 heterocycles. The number of hydrogen-bond acceptors (Lipinski definition) is 2. The minimum atomic E-state index is -1.46. The van der Waals surface area contributed by atoms with Gasteiger partial charge in [-0.3, -0.25) is 4.52 Å². The Bertz CT molecular complexity index is 580. The summed E-state index contributed by atoms with van der Waals surface area (Å²) >= 11 is 0. The molecule has 0 saturated carbocycles. The first-order chi connectivity index (χ1) is 9.63. The standard InChI is InChI=1S/C16H21BNOP/c1-13-16(14-9-5-3-6-10-14)19-20(17,18(13)2)15-11-7-4-8-12-15/h3-13,16H,1-2,17H3/t13-,16-,20?/m1/s1. The van der Waals surface area contributed by atoms with E-state index in [1.807, 2.05) is 0 Å². The average Bonchev–Trinajstić information content (AvgIpc) is 2.75. The third-order valence-corrected chi connectivity index (χ3v) is 5.74. The van der Waals surface area contributed by atoms with Gasteiger partial charge in [0.05, 0.1) is 18.9 Å². The highest BCUT2D eigenvalue weighted by Crippen LogP contribution is 2.66. The largest absolute Gasteiger partial charge is 0.253 e. The molecule has 0 amide bonds. The summed E-state index contributed by atoms with van der Waals surface area (Å²) in [5, 5.41) is 1.42. The molecule has 3 atom stereocenters. The van der Waals surface area contributed by atoms with E-state index >= 15 is 0 Å². The van der Waals surface area contributed by atoms with Crippen LogP contribution in [0, 0.1) is 0 Å². The molecule has 104 valence electrons. The second-order valence-corrected chi connectivity index (χ2v) is 6.76. The molecular weight excluding hydrogens is 264 g/mol. The van der Waals surface area contributed by atoms with Crippen molar-refractivity contribution in [3.05, 3.63) is 66.2 Å². The fourth-order valence-corrected chi connectivity index (χ4v) is 4.44.